The fourth-order valence-corrected chi connectivity index (χ4v) is 2.34. The van der Waals surface area contributed by atoms with Crippen LogP contribution in [-0.2, 0) is 14.8 Å². The second-order valence-corrected chi connectivity index (χ2v) is 7.08. The van der Waals surface area contributed by atoms with Crippen molar-refractivity contribution >= 4 is 21.6 Å². The highest BCUT2D eigenvalue weighted by atomic mass is 32.2. The van der Waals surface area contributed by atoms with Gasteiger partial charge in [-0.2, -0.15) is 0 Å². The van der Waals surface area contributed by atoms with Crippen LogP contribution in [0.1, 0.15) is 18.4 Å². The number of nitrogens with zero attached hydrogens (tertiary/aromatic N) is 1. The predicted octanol–water partition coefficient (Wildman–Crippen LogP) is 0.380. The van der Waals surface area contributed by atoms with Gasteiger partial charge in [-0.25, -0.2) is 12.7 Å². The highest BCUT2D eigenvalue weighted by Gasteiger charge is 2.17. The summed E-state index contributed by atoms with van der Waals surface area (Å²) >= 11 is 0. The first-order valence-electron chi connectivity index (χ1n) is 6.27. The summed E-state index contributed by atoms with van der Waals surface area (Å²) < 4.78 is 24.2. The van der Waals surface area contributed by atoms with E-state index >= 15 is 0 Å². The molecule has 0 aliphatic heterocycles. The van der Waals surface area contributed by atoms with Gasteiger partial charge in [0.2, 0.25) is 15.9 Å². The molecule has 1 amide bonds. The minimum atomic E-state index is -3.29. The van der Waals surface area contributed by atoms with Gasteiger partial charge in [0.05, 0.1) is 11.7 Å². The van der Waals surface area contributed by atoms with E-state index < -0.39 is 10.0 Å². The van der Waals surface area contributed by atoms with Gasteiger partial charge in [-0.1, -0.05) is 12.1 Å². The summed E-state index contributed by atoms with van der Waals surface area (Å²) in [5.74, 6) is -0.708. The molecule has 0 radical (unpaired) electrons. The van der Waals surface area contributed by atoms with Crippen molar-refractivity contribution in [1.29, 1.82) is 0 Å². The first kappa shape index (κ1) is 16.5. The van der Waals surface area contributed by atoms with Gasteiger partial charge in [-0.15, -0.1) is 0 Å². The second kappa shape index (κ2) is 6.71. The summed E-state index contributed by atoms with van der Waals surface area (Å²) in [5, 5.41) is 2.63. The molecule has 6 nitrogen and oxygen atoms in total. The van der Waals surface area contributed by atoms with Gasteiger partial charge in [-0.05, 0) is 24.6 Å². The van der Waals surface area contributed by atoms with Gasteiger partial charge in [0.15, 0.2) is 0 Å². The number of carbonyl (C=O) groups excluding carboxylic acids is 1. The highest BCUT2D eigenvalue weighted by molar-refractivity contribution is 7.89. The monoisotopic (exact) mass is 299 g/mol. The van der Waals surface area contributed by atoms with Crippen LogP contribution in [0.2, 0.25) is 0 Å². The SMILES string of the molecule is CC(C(=O)NCCS(=O)(=O)N(C)C)c1cccc(N)c1. The fraction of sp³-hybridized carbons (Fsp3) is 0.462. The Hall–Kier alpha value is -1.60. The number of hydrogen-bond donors (Lipinski definition) is 2. The van der Waals surface area contributed by atoms with Crippen molar-refractivity contribution in [3.8, 4) is 0 Å². The van der Waals surface area contributed by atoms with Crippen LogP contribution in [0.15, 0.2) is 24.3 Å². The largest absolute Gasteiger partial charge is 0.399 e. The van der Waals surface area contributed by atoms with E-state index in [0.717, 1.165) is 9.87 Å². The Labute approximate surface area is 120 Å². The molecule has 0 aliphatic carbocycles. The molecule has 0 fully saturated rings. The Morgan fingerprint density at radius 2 is 2.05 bits per heavy atom. The Bertz CT molecular complexity index is 570. The van der Waals surface area contributed by atoms with Crippen LogP contribution in [-0.4, -0.2) is 45.0 Å². The molecule has 1 rings (SSSR count). The van der Waals surface area contributed by atoms with E-state index in [1.54, 1.807) is 25.1 Å². The molecule has 0 saturated carbocycles. The molecule has 1 unspecified atom stereocenters. The zero-order valence-corrected chi connectivity index (χ0v) is 12.8. The number of anilines is 1. The van der Waals surface area contributed by atoms with Gasteiger partial charge < -0.3 is 11.1 Å². The van der Waals surface area contributed by atoms with E-state index in [9.17, 15) is 13.2 Å². The van der Waals surface area contributed by atoms with Gasteiger partial charge in [0, 0.05) is 26.3 Å². The third-order valence-corrected chi connectivity index (χ3v) is 4.85. The van der Waals surface area contributed by atoms with Crippen molar-refractivity contribution in [3.63, 3.8) is 0 Å². The summed E-state index contributed by atoms with van der Waals surface area (Å²) in [7, 11) is -0.363. The van der Waals surface area contributed by atoms with Crippen LogP contribution in [0.3, 0.4) is 0 Å². The summed E-state index contributed by atoms with van der Waals surface area (Å²) in [5.41, 5.74) is 7.07. The lowest BCUT2D eigenvalue weighted by atomic mass is 10.00. The average molecular weight is 299 g/mol. The Balaban J connectivity index is 2.56. The van der Waals surface area contributed by atoms with Crippen LogP contribution in [0.25, 0.3) is 0 Å². The molecule has 20 heavy (non-hydrogen) atoms. The lowest BCUT2D eigenvalue weighted by Gasteiger charge is -2.14. The minimum absolute atomic E-state index is 0.0893. The number of hydrogen-bond acceptors (Lipinski definition) is 4. The molecule has 1 aromatic carbocycles. The number of nitrogen functional groups attached to an aromatic ring is 1. The average Bonchev–Trinajstić information content (AvgIpc) is 2.37. The van der Waals surface area contributed by atoms with Gasteiger partial charge in [0.25, 0.3) is 0 Å². The first-order chi connectivity index (χ1) is 9.24. The van der Waals surface area contributed by atoms with E-state index in [4.69, 9.17) is 5.73 Å². The van der Waals surface area contributed by atoms with E-state index in [1.165, 1.54) is 14.1 Å². The lowest BCUT2D eigenvalue weighted by molar-refractivity contribution is -0.122. The number of benzene rings is 1. The van der Waals surface area contributed by atoms with Crippen molar-refractivity contribution in [3.05, 3.63) is 29.8 Å². The maximum atomic E-state index is 12.0. The van der Waals surface area contributed by atoms with Crippen LogP contribution in [0, 0.1) is 0 Å². The van der Waals surface area contributed by atoms with Crippen molar-refractivity contribution in [2.45, 2.75) is 12.8 Å². The molecule has 0 aliphatic rings. The lowest BCUT2D eigenvalue weighted by Crippen LogP contribution is -2.35. The number of nitrogens with one attached hydrogen (secondary N) is 1. The van der Waals surface area contributed by atoms with E-state index in [0.29, 0.717) is 5.69 Å². The van der Waals surface area contributed by atoms with Crippen molar-refractivity contribution in [2.75, 3.05) is 32.1 Å². The van der Waals surface area contributed by atoms with E-state index in [2.05, 4.69) is 5.32 Å². The van der Waals surface area contributed by atoms with Gasteiger partial charge in [-0.3, -0.25) is 4.79 Å². The predicted molar refractivity (Wildman–Crippen MR) is 79.8 cm³/mol. The molecule has 112 valence electrons. The van der Waals surface area contributed by atoms with Crippen molar-refractivity contribution in [1.82, 2.24) is 9.62 Å². The molecule has 7 heteroatoms. The number of sulfonamides is 1. The second-order valence-electron chi connectivity index (χ2n) is 4.78. The van der Waals surface area contributed by atoms with Crippen molar-refractivity contribution in [2.24, 2.45) is 0 Å². The fourth-order valence-electron chi connectivity index (χ4n) is 1.62. The molecule has 0 aromatic heterocycles. The van der Waals surface area contributed by atoms with E-state index in [-0.39, 0.29) is 24.1 Å². The zero-order valence-electron chi connectivity index (χ0n) is 12.0. The van der Waals surface area contributed by atoms with E-state index in [1.807, 2.05) is 6.07 Å². The maximum Gasteiger partial charge on any atom is 0.227 e. The number of nitrogens with two attached hydrogens (primary N) is 1. The molecule has 0 bridgehead atoms. The molecule has 0 spiro atoms. The third-order valence-electron chi connectivity index (χ3n) is 3.02. The number of amides is 1. The molecule has 0 saturated heterocycles. The van der Waals surface area contributed by atoms with Gasteiger partial charge in [0.1, 0.15) is 0 Å². The number of rotatable bonds is 6. The van der Waals surface area contributed by atoms with Gasteiger partial charge >= 0.3 is 0 Å². The Kier molecular flexibility index (Phi) is 5.52. The summed E-state index contributed by atoms with van der Waals surface area (Å²) in [4.78, 5) is 12.0. The smallest absolute Gasteiger partial charge is 0.227 e. The van der Waals surface area contributed by atoms with Crippen LogP contribution in [0.5, 0.6) is 0 Å². The minimum Gasteiger partial charge on any atom is -0.399 e. The topological polar surface area (TPSA) is 92.5 Å². The highest BCUT2D eigenvalue weighted by Crippen LogP contribution is 2.17. The van der Waals surface area contributed by atoms with Crippen LogP contribution < -0.4 is 11.1 Å². The Morgan fingerprint density at radius 3 is 2.60 bits per heavy atom. The molecule has 1 atom stereocenters. The third kappa shape index (κ3) is 4.50. The first-order valence-corrected chi connectivity index (χ1v) is 7.88. The molecular weight excluding hydrogens is 278 g/mol. The van der Waals surface area contributed by atoms with Crippen LogP contribution >= 0.6 is 0 Å². The zero-order chi connectivity index (χ0) is 15.3. The van der Waals surface area contributed by atoms with Crippen LogP contribution in [0.4, 0.5) is 5.69 Å². The molecule has 3 N–H and O–H groups in total. The standard InChI is InChI=1S/C13H21N3O3S/c1-10(11-5-4-6-12(14)9-11)13(17)15-7-8-20(18,19)16(2)3/h4-6,9-10H,7-8,14H2,1-3H3,(H,15,17). The molecule has 1 aromatic rings. The maximum absolute atomic E-state index is 12.0. The summed E-state index contributed by atoms with van der Waals surface area (Å²) in [6.45, 7) is 1.84. The van der Waals surface area contributed by atoms with Crippen molar-refractivity contribution < 1.29 is 13.2 Å². The normalized spacial score (nSPS) is 13.2. The summed E-state index contributed by atoms with van der Waals surface area (Å²) in [6, 6.07) is 7.08. The quantitative estimate of drug-likeness (QED) is 0.743. The number of carbonyl (C=O) groups is 1. The molecular formula is C13H21N3O3S. The summed E-state index contributed by atoms with van der Waals surface area (Å²) in [6.07, 6.45) is 0. The molecule has 0 heterocycles. The Morgan fingerprint density at radius 1 is 1.40 bits per heavy atom.